The highest BCUT2D eigenvalue weighted by atomic mass is 32.2. The molecule has 2 aliphatic rings. The number of aliphatic hydroxyl groups is 1. The van der Waals surface area contributed by atoms with Crippen molar-refractivity contribution in [2.75, 3.05) is 24.6 Å². The quantitative estimate of drug-likeness (QED) is 0.701. The number of hydrogen-bond acceptors (Lipinski definition) is 3. The average molecular weight is 215 g/mol. The van der Waals surface area contributed by atoms with Crippen LogP contribution in [0, 0.1) is 5.92 Å². The maximum absolute atomic E-state index is 11.9. The molecule has 0 aromatic carbocycles. The van der Waals surface area contributed by atoms with Gasteiger partial charge in [-0.05, 0) is 25.0 Å². The van der Waals surface area contributed by atoms with Crippen molar-refractivity contribution in [1.29, 1.82) is 0 Å². The normalized spacial score (nSPS) is 33.4. The van der Waals surface area contributed by atoms with Gasteiger partial charge < -0.3 is 10.0 Å². The molecule has 0 spiro atoms. The summed E-state index contributed by atoms with van der Waals surface area (Å²) in [4.78, 5) is 13.8. The number of aliphatic hydroxyl groups excluding tert-OH is 1. The van der Waals surface area contributed by atoms with Crippen LogP contribution in [0.15, 0.2) is 0 Å². The van der Waals surface area contributed by atoms with Crippen LogP contribution in [0.5, 0.6) is 0 Å². The van der Waals surface area contributed by atoms with Crippen LogP contribution in [0.1, 0.15) is 19.3 Å². The van der Waals surface area contributed by atoms with Crippen molar-refractivity contribution in [2.24, 2.45) is 5.92 Å². The number of hydrogen-bond donors (Lipinski definition) is 1. The zero-order valence-electron chi connectivity index (χ0n) is 8.32. The second-order valence-corrected chi connectivity index (χ2v) is 5.29. The van der Waals surface area contributed by atoms with E-state index in [1.165, 1.54) is 0 Å². The molecule has 2 unspecified atom stereocenters. The number of nitrogens with zero attached hydrogens (tertiary/aromatic N) is 1. The molecule has 0 aromatic rings. The first-order chi connectivity index (χ1) is 6.77. The first-order valence-electron chi connectivity index (χ1n) is 5.32. The molecule has 2 rings (SSSR count). The van der Waals surface area contributed by atoms with Crippen LogP contribution in [-0.4, -0.2) is 46.6 Å². The Balaban J connectivity index is 1.89. The lowest BCUT2D eigenvalue weighted by Gasteiger charge is -2.31. The van der Waals surface area contributed by atoms with Gasteiger partial charge >= 0.3 is 0 Å². The molecule has 1 amide bonds. The van der Waals surface area contributed by atoms with Crippen molar-refractivity contribution in [3.63, 3.8) is 0 Å². The molecule has 0 saturated carbocycles. The molecule has 80 valence electrons. The van der Waals surface area contributed by atoms with Crippen molar-refractivity contribution in [3.8, 4) is 0 Å². The molecule has 2 fully saturated rings. The zero-order valence-corrected chi connectivity index (χ0v) is 9.13. The van der Waals surface area contributed by atoms with Gasteiger partial charge in [-0.3, -0.25) is 4.79 Å². The molecule has 0 aliphatic carbocycles. The van der Waals surface area contributed by atoms with Gasteiger partial charge in [0.1, 0.15) is 0 Å². The number of thioether (sulfide) groups is 1. The van der Waals surface area contributed by atoms with Crippen molar-refractivity contribution in [3.05, 3.63) is 0 Å². The summed E-state index contributed by atoms with van der Waals surface area (Å²) >= 11 is 1.87. The van der Waals surface area contributed by atoms with Crippen molar-refractivity contribution in [1.82, 2.24) is 4.90 Å². The maximum atomic E-state index is 11.9. The van der Waals surface area contributed by atoms with E-state index in [1.807, 2.05) is 16.7 Å². The third-order valence-corrected chi connectivity index (χ3v) is 4.15. The van der Waals surface area contributed by atoms with E-state index in [-0.39, 0.29) is 17.9 Å². The summed E-state index contributed by atoms with van der Waals surface area (Å²) < 4.78 is 0. The molecular weight excluding hydrogens is 198 g/mol. The van der Waals surface area contributed by atoms with Crippen LogP contribution in [0.3, 0.4) is 0 Å². The fourth-order valence-electron chi connectivity index (χ4n) is 2.14. The Morgan fingerprint density at radius 1 is 1.43 bits per heavy atom. The Kier molecular flexibility index (Phi) is 3.34. The highest BCUT2D eigenvalue weighted by Gasteiger charge is 2.30. The van der Waals surface area contributed by atoms with Crippen molar-refractivity contribution in [2.45, 2.75) is 25.4 Å². The average Bonchev–Trinajstić information content (AvgIpc) is 2.69. The molecule has 2 saturated heterocycles. The van der Waals surface area contributed by atoms with Crippen LogP contribution < -0.4 is 0 Å². The number of piperidine rings is 1. The Labute approximate surface area is 88.9 Å². The standard InChI is InChI=1S/C10H17NO2S/c12-9-2-1-4-11(6-9)10(13)8-3-5-14-7-8/h8-9,12H,1-7H2. The highest BCUT2D eigenvalue weighted by Crippen LogP contribution is 2.26. The maximum Gasteiger partial charge on any atom is 0.226 e. The van der Waals surface area contributed by atoms with Crippen LogP contribution in [0.4, 0.5) is 0 Å². The lowest BCUT2D eigenvalue weighted by atomic mass is 10.0. The van der Waals surface area contributed by atoms with Gasteiger partial charge in [-0.15, -0.1) is 0 Å². The van der Waals surface area contributed by atoms with Gasteiger partial charge in [-0.2, -0.15) is 11.8 Å². The fourth-order valence-corrected chi connectivity index (χ4v) is 3.35. The summed E-state index contributed by atoms with van der Waals surface area (Å²) in [5, 5.41) is 9.47. The monoisotopic (exact) mass is 215 g/mol. The molecule has 0 radical (unpaired) electrons. The first kappa shape index (κ1) is 10.3. The van der Waals surface area contributed by atoms with E-state index >= 15 is 0 Å². The molecule has 1 N–H and O–H groups in total. The number of β-amino-alcohol motifs (C(OH)–C–C–N with tert-alkyl or cyclic N) is 1. The lowest BCUT2D eigenvalue weighted by molar-refractivity contribution is -0.137. The zero-order chi connectivity index (χ0) is 9.97. The van der Waals surface area contributed by atoms with E-state index < -0.39 is 0 Å². The van der Waals surface area contributed by atoms with E-state index in [1.54, 1.807) is 0 Å². The summed E-state index contributed by atoms with van der Waals surface area (Å²) in [6.45, 7) is 1.40. The Hall–Kier alpha value is -0.220. The summed E-state index contributed by atoms with van der Waals surface area (Å²) in [6.07, 6.45) is 2.54. The minimum atomic E-state index is -0.290. The predicted molar refractivity (Wildman–Crippen MR) is 57.3 cm³/mol. The highest BCUT2D eigenvalue weighted by molar-refractivity contribution is 7.99. The number of amides is 1. The predicted octanol–water partition coefficient (Wildman–Crippen LogP) is 0.723. The molecule has 3 nitrogen and oxygen atoms in total. The van der Waals surface area contributed by atoms with Crippen LogP contribution >= 0.6 is 11.8 Å². The SMILES string of the molecule is O=C(C1CCSC1)N1CCCC(O)C1. The molecule has 0 bridgehead atoms. The van der Waals surface area contributed by atoms with Gasteiger partial charge in [-0.1, -0.05) is 0 Å². The number of carbonyl (C=O) groups excluding carboxylic acids is 1. The second kappa shape index (κ2) is 4.53. The Bertz CT molecular complexity index is 216. The molecule has 2 aliphatic heterocycles. The number of likely N-dealkylation sites (tertiary alicyclic amines) is 1. The Morgan fingerprint density at radius 3 is 2.93 bits per heavy atom. The molecule has 2 heterocycles. The van der Waals surface area contributed by atoms with Crippen LogP contribution in [0.25, 0.3) is 0 Å². The molecule has 2 atom stereocenters. The van der Waals surface area contributed by atoms with Crippen molar-refractivity contribution >= 4 is 17.7 Å². The van der Waals surface area contributed by atoms with Gasteiger partial charge in [0.25, 0.3) is 0 Å². The Morgan fingerprint density at radius 2 is 2.29 bits per heavy atom. The second-order valence-electron chi connectivity index (χ2n) is 4.14. The van der Waals surface area contributed by atoms with E-state index in [9.17, 15) is 9.90 Å². The molecule has 14 heavy (non-hydrogen) atoms. The summed E-state index contributed by atoms with van der Waals surface area (Å²) in [6, 6.07) is 0. The van der Waals surface area contributed by atoms with Gasteiger partial charge in [0.05, 0.1) is 6.10 Å². The third kappa shape index (κ3) is 2.23. The first-order valence-corrected chi connectivity index (χ1v) is 6.47. The number of carbonyl (C=O) groups is 1. The minimum absolute atomic E-state index is 0.227. The van der Waals surface area contributed by atoms with Gasteiger partial charge in [-0.25, -0.2) is 0 Å². The van der Waals surface area contributed by atoms with Gasteiger partial charge in [0, 0.05) is 24.8 Å². The fraction of sp³-hybridized carbons (Fsp3) is 0.900. The van der Waals surface area contributed by atoms with Crippen LogP contribution in [-0.2, 0) is 4.79 Å². The minimum Gasteiger partial charge on any atom is -0.391 e. The van der Waals surface area contributed by atoms with Crippen molar-refractivity contribution < 1.29 is 9.90 Å². The van der Waals surface area contributed by atoms with E-state index in [2.05, 4.69) is 0 Å². The lowest BCUT2D eigenvalue weighted by Crippen LogP contribution is -2.44. The molecule has 0 aromatic heterocycles. The largest absolute Gasteiger partial charge is 0.391 e. The molecular formula is C10H17NO2S. The van der Waals surface area contributed by atoms with Gasteiger partial charge in [0.15, 0.2) is 0 Å². The van der Waals surface area contributed by atoms with Crippen LogP contribution in [0.2, 0.25) is 0 Å². The van der Waals surface area contributed by atoms with Gasteiger partial charge in [0.2, 0.25) is 5.91 Å². The molecule has 4 heteroatoms. The smallest absolute Gasteiger partial charge is 0.226 e. The number of rotatable bonds is 1. The summed E-state index contributed by atoms with van der Waals surface area (Å²) in [5.41, 5.74) is 0. The van der Waals surface area contributed by atoms with E-state index in [4.69, 9.17) is 0 Å². The van der Waals surface area contributed by atoms with E-state index in [0.29, 0.717) is 6.54 Å². The third-order valence-electron chi connectivity index (χ3n) is 2.99. The summed E-state index contributed by atoms with van der Waals surface area (Å²) in [5.74, 6) is 2.59. The summed E-state index contributed by atoms with van der Waals surface area (Å²) in [7, 11) is 0. The van der Waals surface area contributed by atoms with E-state index in [0.717, 1.165) is 37.3 Å². The topological polar surface area (TPSA) is 40.5 Å².